The lowest BCUT2D eigenvalue weighted by Gasteiger charge is -2.29. The van der Waals surface area contributed by atoms with E-state index in [4.69, 9.17) is 9.84 Å². The summed E-state index contributed by atoms with van der Waals surface area (Å²) >= 11 is 0. The van der Waals surface area contributed by atoms with Crippen molar-refractivity contribution < 1.29 is 14.6 Å². The topological polar surface area (TPSA) is 64.3 Å². The SMILES string of the molecule is CCc1nn(C2CCCCC2O)c(CC)c1CC(=O)OC. The molecule has 1 aromatic rings. The number of hydrogen-bond acceptors (Lipinski definition) is 4. The van der Waals surface area contributed by atoms with Crippen LogP contribution in [-0.4, -0.2) is 34.1 Å². The van der Waals surface area contributed by atoms with Crippen molar-refractivity contribution in [1.29, 1.82) is 0 Å². The van der Waals surface area contributed by atoms with E-state index >= 15 is 0 Å². The van der Waals surface area contributed by atoms with Gasteiger partial charge in [0.25, 0.3) is 0 Å². The molecule has 1 aliphatic carbocycles. The fourth-order valence-electron chi connectivity index (χ4n) is 3.29. The number of aryl methyl sites for hydroxylation is 1. The molecule has 1 heterocycles. The Morgan fingerprint density at radius 1 is 1.33 bits per heavy atom. The number of aromatic nitrogens is 2. The summed E-state index contributed by atoms with van der Waals surface area (Å²) in [6.45, 7) is 4.12. The second kappa shape index (κ2) is 7.07. The van der Waals surface area contributed by atoms with E-state index in [0.29, 0.717) is 0 Å². The highest BCUT2D eigenvalue weighted by atomic mass is 16.5. The first-order valence-electron chi connectivity index (χ1n) is 7.96. The Bertz CT molecular complexity index is 496. The minimum Gasteiger partial charge on any atom is -0.469 e. The molecule has 0 aromatic carbocycles. The molecule has 2 unspecified atom stereocenters. The van der Waals surface area contributed by atoms with E-state index in [1.54, 1.807) is 0 Å². The Kier molecular flexibility index (Phi) is 5.39. The third kappa shape index (κ3) is 3.28. The quantitative estimate of drug-likeness (QED) is 0.846. The van der Waals surface area contributed by atoms with Crippen LogP contribution in [0.5, 0.6) is 0 Å². The van der Waals surface area contributed by atoms with E-state index in [0.717, 1.165) is 55.5 Å². The Hall–Kier alpha value is -1.36. The summed E-state index contributed by atoms with van der Waals surface area (Å²) in [5, 5.41) is 15.0. The van der Waals surface area contributed by atoms with Crippen molar-refractivity contribution in [2.75, 3.05) is 7.11 Å². The minimum absolute atomic E-state index is 0.0467. The zero-order valence-electron chi connectivity index (χ0n) is 13.3. The van der Waals surface area contributed by atoms with Crippen LogP contribution in [0.25, 0.3) is 0 Å². The minimum atomic E-state index is -0.334. The van der Waals surface area contributed by atoms with E-state index in [-0.39, 0.29) is 24.5 Å². The van der Waals surface area contributed by atoms with Crippen LogP contribution in [-0.2, 0) is 28.8 Å². The molecule has 2 atom stereocenters. The van der Waals surface area contributed by atoms with Crippen LogP contribution in [0.1, 0.15) is 62.5 Å². The Morgan fingerprint density at radius 2 is 2.05 bits per heavy atom. The molecule has 0 aliphatic heterocycles. The average molecular weight is 294 g/mol. The van der Waals surface area contributed by atoms with Gasteiger partial charge in [-0.15, -0.1) is 0 Å². The third-order valence-corrected chi connectivity index (χ3v) is 4.43. The van der Waals surface area contributed by atoms with Crippen LogP contribution in [0, 0.1) is 0 Å². The number of methoxy groups -OCH3 is 1. The highest BCUT2D eigenvalue weighted by Gasteiger charge is 2.29. The van der Waals surface area contributed by atoms with Gasteiger partial charge in [-0.1, -0.05) is 26.7 Å². The summed E-state index contributed by atoms with van der Waals surface area (Å²) in [5.41, 5.74) is 3.02. The van der Waals surface area contributed by atoms with Gasteiger partial charge in [0.1, 0.15) is 0 Å². The lowest BCUT2D eigenvalue weighted by atomic mass is 9.92. The van der Waals surface area contributed by atoms with E-state index < -0.39 is 0 Å². The van der Waals surface area contributed by atoms with Crippen LogP contribution in [0.3, 0.4) is 0 Å². The van der Waals surface area contributed by atoms with Crippen LogP contribution in [0.2, 0.25) is 0 Å². The Labute approximate surface area is 126 Å². The van der Waals surface area contributed by atoms with Gasteiger partial charge >= 0.3 is 5.97 Å². The number of esters is 1. The average Bonchev–Trinajstić information content (AvgIpc) is 2.84. The first-order valence-corrected chi connectivity index (χ1v) is 7.96. The van der Waals surface area contributed by atoms with Crippen LogP contribution in [0.15, 0.2) is 0 Å². The molecule has 0 spiro atoms. The molecule has 5 heteroatoms. The number of aliphatic hydroxyl groups excluding tert-OH is 1. The normalized spacial score (nSPS) is 22.3. The molecule has 0 saturated heterocycles. The van der Waals surface area contributed by atoms with Gasteiger partial charge in [-0.05, 0) is 25.7 Å². The predicted octanol–water partition coefficient (Wildman–Crippen LogP) is 2.20. The molecular weight excluding hydrogens is 268 g/mol. The number of carbonyl (C=O) groups is 1. The van der Waals surface area contributed by atoms with E-state index in [9.17, 15) is 9.90 Å². The molecule has 5 nitrogen and oxygen atoms in total. The fourth-order valence-corrected chi connectivity index (χ4v) is 3.29. The predicted molar refractivity (Wildman–Crippen MR) is 80.2 cm³/mol. The molecular formula is C16H26N2O3. The number of ether oxygens (including phenoxy) is 1. The number of carbonyl (C=O) groups excluding carboxylic acids is 1. The van der Waals surface area contributed by atoms with Crippen molar-refractivity contribution in [3.05, 3.63) is 17.0 Å². The number of hydrogen-bond donors (Lipinski definition) is 1. The summed E-state index contributed by atoms with van der Waals surface area (Å²) < 4.78 is 6.79. The summed E-state index contributed by atoms with van der Waals surface area (Å²) in [5.74, 6) is -0.233. The number of rotatable bonds is 5. The molecule has 1 N–H and O–H groups in total. The number of aliphatic hydroxyl groups is 1. The maximum Gasteiger partial charge on any atom is 0.310 e. The lowest BCUT2D eigenvalue weighted by Crippen LogP contribution is -2.29. The molecule has 118 valence electrons. The van der Waals surface area contributed by atoms with Crippen molar-refractivity contribution in [3.63, 3.8) is 0 Å². The van der Waals surface area contributed by atoms with Gasteiger partial charge in [0.05, 0.1) is 31.4 Å². The standard InChI is InChI=1S/C16H26N2O3/c1-4-12-11(10-16(20)21-3)13(5-2)18(17-12)14-8-6-7-9-15(14)19/h14-15,19H,4-10H2,1-3H3. The van der Waals surface area contributed by atoms with E-state index in [1.165, 1.54) is 7.11 Å². The third-order valence-electron chi connectivity index (χ3n) is 4.43. The van der Waals surface area contributed by atoms with Gasteiger partial charge in [0.15, 0.2) is 0 Å². The molecule has 0 bridgehead atoms. The summed E-state index contributed by atoms with van der Waals surface area (Å²) in [6, 6.07) is 0.0467. The first-order chi connectivity index (χ1) is 10.1. The van der Waals surface area contributed by atoms with Gasteiger partial charge in [-0.3, -0.25) is 9.48 Å². The zero-order valence-corrected chi connectivity index (χ0v) is 13.3. The van der Waals surface area contributed by atoms with E-state index in [1.807, 2.05) is 11.6 Å². The molecule has 1 saturated carbocycles. The Balaban J connectivity index is 2.39. The highest BCUT2D eigenvalue weighted by Crippen LogP contribution is 2.31. The van der Waals surface area contributed by atoms with Crippen LogP contribution in [0.4, 0.5) is 0 Å². The van der Waals surface area contributed by atoms with Gasteiger partial charge in [0, 0.05) is 11.3 Å². The largest absolute Gasteiger partial charge is 0.469 e. The molecule has 0 radical (unpaired) electrons. The highest BCUT2D eigenvalue weighted by molar-refractivity contribution is 5.73. The number of nitrogens with zero attached hydrogens (tertiary/aromatic N) is 2. The van der Waals surface area contributed by atoms with E-state index in [2.05, 4.69) is 6.92 Å². The maximum absolute atomic E-state index is 11.7. The summed E-state index contributed by atoms with van der Waals surface area (Å²) in [7, 11) is 1.41. The molecule has 0 amide bonds. The van der Waals surface area contributed by atoms with Crippen molar-refractivity contribution in [2.24, 2.45) is 0 Å². The molecule has 2 rings (SSSR count). The van der Waals surface area contributed by atoms with Crippen molar-refractivity contribution in [3.8, 4) is 0 Å². The van der Waals surface area contributed by atoms with Gasteiger partial charge in [-0.25, -0.2) is 0 Å². The van der Waals surface area contributed by atoms with Gasteiger partial charge in [0.2, 0.25) is 0 Å². The monoisotopic (exact) mass is 294 g/mol. The van der Waals surface area contributed by atoms with Crippen molar-refractivity contribution in [2.45, 2.75) is 70.9 Å². The first kappa shape index (κ1) is 16.0. The van der Waals surface area contributed by atoms with Crippen LogP contribution < -0.4 is 0 Å². The molecule has 1 fully saturated rings. The fraction of sp³-hybridized carbons (Fsp3) is 0.750. The second-order valence-electron chi connectivity index (χ2n) is 5.70. The second-order valence-corrected chi connectivity index (χ2v) is 5.70. The van der Waals surface area contributed by atoms with Crippen LogP contribution >= 0.6 is 0 Å². The summed E-state index contributed by atoms with van der Waals surface area (Å²) in [6.07, 6.45) is 5.52. The molecule has 1 aromatic heterocycles. The maximum atomic E-state index is 11.7. The van der Waals surface area contributed by atoms with Crippen molar-refractivity contribution >= 4 is 5.97 Å². The summed E-state index contributed by atoms with van der Waals surface area (Å²) in [4.78, 5) is 11.7. The smallest absolute Gasteiger partial charge is 0.310 e. The zero-order chi connectivity index (χ0) is 15.4. The molecule has 21 heavy (non-hydrogen) atoms. The Morgan fingerprint density at radius 3 is 2.62 bits per heavy atom. The lowest BCUT2D eigenvalue weighted by molar-refractivity contribution is -0.139. The van der Waals surface area contributed by atoms with Crippen molar-refractivity contribution in [1.82, 2.24) is 9.78 Å². The van der Waals surface area contributed by atoms with Gasteiger partial charge < -0.3 is 9.84 Å². The van der Waals surface area contributed by atoms with Gasteiger partial charge in [-0.2, -0.15) is 5.10 Å². The molecule has 1 aliphatic rings.